The third-order valence-electron chi connectivity index (χ3n) is 3.55. The van der Waals surface area contributed by atoms with Crippen LogP contribution < -0.4 is 10.6 Å². The second kappa shape index (κ2) is 6.07. The molecule has 1 aromatic carbocycles. The van der Waals surface area contributed by atoms with Crippen LogP contribution in [0.4, 0.5) is 20.2 Å². The summed E-state index contributed by atoms with van der Waals surface area (Å²) >= 11 is 0. The van der Waals surface area contributed by atoms with E-state index in [1.807, 2.05) is 0 Å². The standard InChI is InChI=1S/C14H18F2N2O2/c1-2-20-14(19)9-5-7-18(8-6-9)11-4-3-10(17)12(15)13(11)16/h3-4,9H,2,5-8,17H2,1H3. The summed E-state index contributed by atoms with van der Waals surface area (Å²) in [6, 6.07) is 2.82. The molecule has 2 rings (SSSR count). The summed E-state index contributed by atoms with van der Waals surface area (Å²) in [5.74, 6) is -2.32. The largest absolute Gasteiger partial charge is 0.466 e. The van der Waals surface area contributed by atoms with Crippen molar-refractivity contribution >= 4 is 17.3 Å². The molecule has 20 heavy (non-hydrogen) atoms. The van der Waals surface area contributed by atoms with Crippen LogP contribution in [0.15, 0.2) is 12.1 Å². The van der Waals surface area contributed by atoms with Crippen molar-refractivity contribution in [2.45, 2.75) is 19.8 Å². The van der Waals surface area contributed by atoms with Crippen molar-refractivity contribution in [1.29, 1.82) is 0 Å². The van der Waals surface area contributed by atoms with Gasteiger partial charge in [-0.3, -0.25) is 4.79 Å². The van der Waals surface area contributed by atoms with E-state index in [4.69, 9.17) is 10.5 Å². The molecule has 0 atom stereocenters. The van der Waals surface area contributed by atoms with E-state index in [9.17, 15) is 13.6 Å². The number of esters is 1. The van der Waals surface area contributed by atoms with Gasteiger partial charge in [-0.25, -0.2) is 8.78 Å². The van der Waals surface area contributed by atoms with E-state index in [1.165, 1.54) is 12.1 Å². The van der Waals surface area contributed by atoms with Crippen LogP contribution in [-0.2, 0) is 9.53 Å². The predicted octanol–water partition coefficient (Wildman–Crippen LogP) is 2.33. The zero-order valence-corrected chi connectivity index (χ0v) is 11.4. The maximum Gasteiger partial charge on any atom is 0.309 e. The molecule has 1 fully saturated rings. The molecule has 1 aliphatic heterocycles. The van der Waals surface area contributed by atoms with Crippen molar-refractivity contribution in [2.75, 3.05) is 30.3 Å². The molecule has 1 saturated heterocycles. The minimum absolute atomic E-state index is 0.159. The van der Waals surface area contributed by atoms with Gasteiger partial charge in [-0.1, -0.05) is 0 Å². The Labute approximate surface area is 116 Å². The number of nitrogen functional groups attached to an aromatic ring is 1. The van der Waals surface area contributed by atoms with Crippen molar-refractivity contribution < 1.29 is 18.3 Å². The zero-order valence-electron chi connectivity index (χ0n) is 11.4. The van der Waals surface area contributed by atoms with Crippen LogP contribution in [0.1, 0.15) is 19.8 Å². The Morgan fingerprint density at radius 2 is 2.00 bits per heavy atom. The average molecular weight is 284 g/mol. The van der Waals surface area contributed by atoms with Gasteiger partial charge < -0.3 is 15.4 Å². The van der Waals surface area contributed by atoms with Gasteiger partial charge in [0.1, 0.15) is 0 Å². The van der Waals surface area contributed by atoms with Crippen molar-refractivity contribution in [1.82, 2.24) is 0 Å². The Bertz CT molecular complexity index is 500. The Balaban J connectivity index is 2.04. The van der Waals surface area contributed by atoms with E-state index in [1.54, 1.807) is 11.8 Å². The number of ether oxygens (including phenoxy) is 1. The molecule has 1 aromatic rings. The van der Waals surface area contributed by atoms with E-state index in [0.717, 1.165) is 0 Å². The van der Waals surface area contributed by atoms with Gasteiger partial charge in [-0.2, -0.15) is 0 Å². The molecule has 110 valence electrons. The Hall–Kier alpha value is -1.85. The van der Waals surface area contributed by atoms with Gasteiger partial charge in [0.25, 0.3) is 0 Å². The number of benzene rings is 1. The number of nitrogens with zero attached hydrogens (tertiary/aromatic N) is 1. The predicted molar refractivity (Wildman–Crippen MR) is 72.3 cm³/mol. The molecule has 1 aliphatic rings. The molecule has 2 N–H and O–H groups in total. The van der Waals surface area contributed by atoms with Crippen molar-refractivity contribution in [3.8, 4) is 0 Å². The van der Waals surface area contributed by atoms with Crippen LogP contribution in [0.5, 0.6) is 0 Å². The Kier molecular flexibility index (Phi) is 4.42. The fraction of sp³-hybridized carbons (Fsp3) is 0.500. The van der Waals surface area contributed by atoms with Crippen LogP contribution in [0.3, 0.4) is 0 Å². The molecule has 4 nitrogen and oxygen atoms in total. The van der Waals surface area contributed by atoms with Crippen molar-refractivity contribution in [2.24, 2.45) is 5.92 Å². The van der Waals surface area contributed by atoms with E-state index in [-0.39, 0.29) is 23.3 Å². The Morgan fingerprint density at radius 3 is 2.60 bits per heavy atom. The molecule has 0 bridgehead atoms. The van der Waals surface area contributed by atoms with E-state index in [0.29, 0.717) is 32.5 Å². The normalized spacial score (nSPS) is 16.2. The lowest BCUT2D eigenvalue weighted by Gasteiger charge is -2.32. The molecule has 0 aromatic heterocycles. The highest BCUT2D eigenvalue weighted by Gasteiger charge is 2.27. The lowest BCUT2D eigenvalue weighted by Crippen LogP contribution is -2.37. The minimum atomic E-state index is -1.02. The molecule has 0 radical (unpaired) electrons. The number of halogens is 2. The first-order valence-electron chi connectivity index (χ1n) is 6.69. The van der Waals surface area contributed by atoms with E-state index in [2.05, 4.69) is 0 Å². The number of carbonyl (C=O) groups is 1. The summed E-state index contributed by atoms with van der Waals surface area (Å²) < 4.78 is 32.3. The number of piperidine rings is 1. The van der Waals surface area contributed by atoms with Gasteiger partial charge in [-0.05, 0) is 31.9 Å². The third kappa shape index (κ3) is 2.84. The molecular formula is C14H18F2N2O2. The van der Waals surface area contributed by atoms with Crippen LogP contribution in [0.2, 0.25) is 0 Å². The number of carbonyl (C=O) groups excluding carboxylic acids is 1. The van der Waals surface area contributed by atoms with Gasteiger partial charge in [-0.15, -0.1) is 0 Å². The van der Waals surface area contributed by atoms with Crippen molar-refractivity contribution in [3.63, 3.8) is 0 Å². The van der Waals surface area contributed by atoms with Crippen molar-refractivity contribution in [3.05, 3.63) is 23.8 Å². The van der Waals surface area contributed by atoms with Crippen LogP contribution in [-0.4, -0.2) is 25.7 Å². The molecule has 0 saturated carbocycles. The third-order valence-corrected chi connectivity index (χ3v) is 3.55. The number of hydrogen-bond donors (Lipinski definition) is 1. The molecule has 0 unspecified atom stereocenters. The number of anilines is 2. The summed E-state index contributed by atoms with van der Waals surface area (Å²) in [6.45, 7) is 3.10. The molecule has 0 aliphatic carbocycles. The monoisotopic (exact) mass is 284 g/mol. The first-order chi connectivity index (χ1) is 9.54. The number of nitrogens with two attached hydrogens (primary N) is 1. The van der Waals surface area contributed by atoms with E-state index < -0.39 is 11.6 Å². The molecule has 6 heteroatoms. The lowest BCUT2D eigenvalue weighted by molar-refractivity contribution is -0.148. The molecule has 0 spiro atoms. The minimum Gasteiger partial charge on any atom is -0.466 e. The quantitative estimate of drug-likeness (QED) is 0.683. The highest BCUT2D eigenvalue weighted by atomic mass is 19.2. The second-order valence-corrected chi connectivity index (χ2v) is 4.82. The average Bonchev–Trinajstić information content (AvgIpc) is 2.45. The molecule has 0 amide bonds. The lowest BCUT2D eigenvalue weighted by atomic mass is 9.96. The highest BCUT2D eigenvalue weighted by Crippen LogP contribution is 2.29. The molecular weight excluding hydrogens is 266 g/mol. The summed E-state index contributed by atoms with van der Waals surface area (Å²) in [5.41, 5.74) is 5.31. The van der Waals surface area contributed by atoms with Gasteiger partial charge in [0, 0.05) is 13.1 Å². The second-order valence-electron chi connectivity index (χ2n) is 4.82. The smallest absolute Gasteiger partial charge is 0.309 e. The summed E-state index contributed by atoms with van der Waals surface area (Å²) in [6.07, 6.45) is 1.15. The first-order valence-corrected chi connectivity index (χ1v) is 6.69. The summed E-state index contributed by atoms with van der Waals surface area (Å²) in [7, 11) is 0. The van der Waals surface area contributed by atoms with Gasteiger partial charge in [0.05, 0.1) is 23.9 Å². The van der Waals surface area contributed by atoms with Gasteiger partial charge in [0.2, 0.25) is 0 Å². The fourth-order valence-corrected chi connectivity index (χ4v) is 2.41. The molecule has 1 heterocycles. The van der Waals surface area contributed by atoms with Crippen LogP contribution in [0, 0.1) is 17.6 Å². The summed E-state index contributed by atoms with van der Waals surface area (Å²) in [5, 5.41) is 0. The topological polar surface area (TPSA) is 55.6 Å². The SMILES string of the molecule is CCOC(=O)C1CCN(c2ccc(N)c(F)c2F)CC1. The van der Waals surface area contributed by atoms with Crippen LogP contribution >= 0.6 is 0 Å². The maximum absolute atomic E-state index is 13.8. The summed E-state index contributed by atoms with van der Waals surface area (Å²) in [4.78, 5) is 13.3. The maximum atomic E-state index is 13.8. The number of hydrogen-bond acceptors (Lipinski definition) is 4. The number of rotatable bonds is 3. The van der Waals surface area contributed by atoms with E-state index >= 15 is 0 Å². The van der Waals surface area contributed by atoms with Gasteiger partial charge >= 0.3 is 5.97 Å². The Morgan fingerprint density at radius 1 is 1.35 bits per heavy atom. The van der Waals surface area contributed by atoms with Gasteiger partial charge in [0.15, 0.2) is 11.6 Å². The zero-order chi connectivity index (χ0) is 14.7. The van der Waals surface area contributed by atoms with Crippen LogP contribution in [0.25, 0.3) is 0 Å². The fourth-order valence-electron chi connectivity index (χ4n) is 2.41. The first kappa shape index (κ1) is 14.6. The highest BCUT2D eigenvalue weighted by molar-refractivity contribution is 5.73.